The molecule has 1 aliphatic heterocycles. The molecule has 0 bridgehead atoms. The topological polar surface area (TPSA) is 36.3 Å². The summed E-state index contributed by atoms with van der Waals surface area (Å²) >= 11 is 0. The number of aryl methyl sites for hydroxylation is 2. The lowest BCUT2D eigenvalue weighted by Crippen LogP contribution is -2.47. The van der Waals surface area contributed by atoms with E-state index in [2.05, 4.69) is 55.0 Å². The maximum Gasteiger partial charge on any atom is 0.131 e. The normalized spacial score (nSPS) is 17.2. The molecule has 0 radical (unpaired) electrons. The van der Waals surface area contributed by atoms with Gasteiger partial charge in [-0.3, -0.25) is 4.68 Å². The molecule has 1 saturated heterocycles. The average molecular weight is 279 g/mol. The van der Waals surface area contributed by atoms with Gasteiger partial charge in [0.1, 0.15) is 5.82 Å². The van der Waals surface area contributed by atoms with Crippen molar-refractivity contribution in [2.24, 2.45) is 7.05 Å². The van der Waals surface area contributed by atoms with E-state index in [1.165, 1.54) is 11.4 Å². The molecule has 1 aliphatic rings. The van der Waals surface area contributed by atoms with Gasteiger partial charge in [0.05, 0.1) is 5.69 Å². The van der Waals surface area contributed by atoms with Crippen molar-refractivity contribution in [3.8, 4) is 0 Å². The predicted octanol–water partition coefficient (Wildman–Crippen LogP) is 1.37. The quantitative estimate of drug-likeness (QED) is 0.883. The number of rotatable bonds is 5. The van der Waals surface area contributed by atoms with Crippen LogP contribution in [0.3, 0.4) is 0 Å². The summed E-state index contributed by atoms with van der Waals surface area (Å²) in [5.41, 5.74) is 2.50. The summed E-state index contributed by atoms with van der Waals surface area (Å²) in [6.07, 6.45) is 0. The number of hydrogen-bond acceptors (Lipinski definition) is 4. The number of piperazine rings is 1. The smallest absolute Gasteiger partial charge is 0.131 e. The minimum absolute atomic E-state index is 0.499. The lowest BCUT2D eigenvalue weighted by molar-refractivity contribution is 0.269. The number of aromatic nitrogens is 2. The Bertz CT molecular complexity index is 430. The van der Waals surface area contributed by atoms with Crippen molar-refractivity contribution in [1.82, 2.24) is 20.0 Å². The van der Waals surface area contributed by atoms with Gasteiger partial charge in [-0.2, -0.15) is 5.10 Å². The van der Waals surface area contributed by atoms with E-state index < -0.39 is 0 Å². The third-order valence-corrected chi connectivity index (χ3v) is 4.12. The lowest BCUT2D eigenvalue weighted by atomic mass is 10.2. The van der Waals surface area contributed by atoms with Crippen LogP contribution in [-0.2, 0) is 13.6 Å². The first kappa shape index (κ1) is 15.3. The Labute approximate surface area is 122 Å². The van der Waals surface area contributed by atoms with Gasteiger partial charge in [-0.1, -0.05) is 20.8 Å². The zero-order valence-corrected chi connectivity index (χ0v) is 13.6. The molecule has 1 fully saturated rings. The molecule has 0 aliphatic carbocycles. The molecule has 20 heavy (non-hydrogen) atoms. The summed E-state index contributed by atoms with van der Waals surface area (Å²) in [5, 5.41) is 8.15. The van der Waals surface area contributed by atoms with Gasteiger partial charge in [-0.15, -0.1) is 0 Å². The van der Waals surface area contributed by atoms with Crippen molar-refractivity contribution in [3.05, 3.63) is 11.3 Å². The van der Waals surface area contributed by atoms with E-state index in [0.29, 0.717) is 6.04 Å². The Balaban J connectivity index is 2.14. The van der Waals surface area contributed by atoms with E-state index in [1.807, 2.05) is 4.68 Å². The first-order valence-corrected chi connectivity index (χ1v) is 7.76. The largest absolute Gasteiger partial charge is 0.354 e. The molecule has 0 atom stereocenters. The monoisotopic (exact) mass is 279 g/mol. The van der Waals surface area contributed by atoms with Crippen LogP contribution in [0.2, 0.25) is 0 Å². The van der Waals surface area contributed by atoms with Crippen LogP contribution < -0.4 is 10.2 Å². The van der Waals surface area contributed by atoms with Gasteiger partial charge in [0.2, 0.25) is 0 Å². The number of hydrogen-bond donors (Lipinski definition) is 1. The summed E-state index contributed by atoms with van der Waals surface area (Å²) < 4.78 is 2.05. The van der Waals surface area contributed by atoms with Crippen LogP contribution in [0.4, 0.5) is 5.82 Å². The Morgan fingerprint density at radius 2 is 1.85 bits per heavy atom. The molecule has 1 aromatic heterocycles. The van der Waals surface area contributed by atoms with Gasteiger partial charge in [-0.05, 0) is 13.5 Å². The number of nitrogens with one attached hydrogen (secondary N) is 1. The third kappa shape index (κ3) is 3.33. The zero-order valence-electron chi connectivity index (χ0n) is 13.6. The lowest BCUT2D eigenvalue weighted by Gasteiger charge is -2.35. The van der Waals surface area contributed by atoms with Gasteiger partial charge in [0, 0.05) is 51.4 Å². The molecule has 0 spiro atoms. The van der Waals surface area contributed by atoms with Crippen LogP contribution in [0.5, 0.6) is 0 Å². The second kappa shape index (κ2) is 6.59. The Kier molecular flexibility index (Phi) is 5.05. The Hall–Kier alpha value is -1.07. The van der Waals surface area contributed by atoms with Gasteiger partial charge < -0.3 is 15.1 Å². The number of anilines is 1. The van der Waals surface area contributed by atoms with Crippen molar-refractivity contribution in [2.45, 2.75) is 40.3 Å². The van der Waals surface area contributed by atoms with E-state index in [9.17, 15) is 0 Å². The SMILES string of the molecule is CCN1CCN(c2c(CNC(C)C)c(C)nn2C)CC1. The van der Waals surface area contributed by atoms with Crippen LogP contribution in [0.15, 0.2) is 0 Å². The van der Waals surface area contributed by atoms with Crippen LogP contribution in [0.1, 0.15) is 32.0 Å². The van der Waals surface area contributed by atoms with E-state index >= 15 is 0 Å². The highest BCUT2D eigenvalue weighted by Gasteiger charge is 2.23. The molecular weight excluding hydrogens is 250 g/mol. The summed E-state index contributed by atoms with van der Waals surface area (Å²) in [6.45, 7) is 15.3. The van der Waals surface area contributed by atoms with Gasteiger partial charge in [0.25, 0.3) is 0 Å². The van der Waals surface area contributed by atoms with E-state index in [1.54, 1.807) is 0 Å². The summed E-state index contributed by atoms with van der Waals surface area (Å²) in [5.74, 6) is 1.30. The van der Waals surface area contributed by atoms with E-state index in [4.69, 9.17) is 0 Å². The van der Waals surface area contributed by atoms with Gasteiger partial charge >= 0.3 is 0 Å². The summed E-state index contributed by atoms with van der Waals surface area (Å²) in [4.78, 5) is 5.00. The maximum atomic E-state index is 4.62. The fourth-order valence-corrected chi connectivity index (χ4v) is 2.87. The molecule has 2 heterocycles. The summed E-state index contributed by atoms with van der Waals surface area (Å²) in [7, 11) is 2.06. The van der Waals surface area contributed by atoms with Crippen LogP contribution in [-0.4, -0.2) is 53.4 Å². The molecule has 5 nitrogen and oxygen atoms in total. The molecule has 5 heteroatoms. The third-order valence-electron chi connectivity index (χ3n) is 4.12. The van der Waals surface area contributed by atoms with Crippen molar-refractivity contribution in [2.75, 3.05) is 37.6 Å². The first-order chi connectivity index (χ1) is 9.52. The number of likely N-dealkylation sites (N-methyl/N-ethyl adjacent to an activating group) is 1. The molecule has 0 saturated carbocycles. The molecule has 0 aromatic carbocycles. The fourth-order valence-electron chi connectivity index (χ4n) is 2.87. The molecular formula is C15H29N5. The molecule has 1 N–H and O–H groups in total. The van der Waals surface area contributed by atoms with Gasteiger partial charge in [0.15, 0.2) is 0 Å². The minimum atomic E-state index is 0.499. The van der Waals surface area contributed by atoms with Crippen LogP contribution in [0.25, 0.3) is 0 Å². The van der Waals surface area contributed by atoms with Crippen LogP contribution >= 0.6 is 0 Å². The zero-order chi connectivity index (χ0) is 14.7. The van der Waals surface area contributed by atoms with Crippen molar-refractivity contribution in [1.29, 1.82) is 0 Å². The first-order valence-electron chi connectivity index (χ1n) is 7.76. The second-order valence-corrected chi connectivity index (χ2v) is 5.97. The van der Waals surface area contributed by atoms with Gasteiger partial charge in [-0.25, -0.2) is 0 Å². The van der Waals surface area contributed by atoms with E-state index in [-0.39, 0.29) is 0 Å². The molecule has 2 rings (SSSR count). The number of nitrogens with zero attached hydrogens (tertiary/aromatic N) is 4. The highest BCUT2D eigenvalue weighted by atomic mass is 15.4. The second-order valence-electron chi connectivity index (χ2n) is 5.97. The fraction of sp³-hybridized carbons (Fsp3) is 0.800. The molecule has 1 aromatic rings. The summed E-state index contributed by atoms with van der Waals surface area (Å²) in [6, 6.07) is 0.499. The molecule has 0 unspecified atom stereocenters. The highest BCUT2D eigenvalue weighted by Crippen LogP contribution is 2.24. The average Bonchev–Trinajstić information content (AvgIpc) is 2.70. The van der Waals surface area contributed by atoms with Crippen molar-refractivity contribution in [3.63, 3.8) is 0 Å². The maximum absolute atomic E-state index is 4.62. The standard InChI is InChI=1S/C15H29N5/c1-6-19-7-9-20(10-8-19)15-14(11-16-12(2)3)13(4)17-18(15)5/h12,16H,6-11H2,1-5H3. The predicted molar refractivity (Wildman–Crippen MR) is 84.2 cm³/mol. The molecule has 0 amide bonds. The molecule has 114 valence electrons. The van der Waals surface area contributed by atoms with Crippen molar-refractivity contribution < 1.29 is 0 Å². The van der Waals surface area contributed by atoms with E-state index in [0.717, 1.165) is 45.0 Å². The minimum Gasteiger partial charge on any atom is -0.354 e. The highest BCUT2D eigenvalue weighted by molar-refractivity contribution is 5.50. The Morgan fingerprint density at radius 3 is 2.40 bits per heavy atom. The van der Waals surface area contributed by atoms with Crippen LogP contribution in [0, 0.1) is 6.92 Å². The van der Waals surface area contributed by atoms with Crippen molar-refractivity contribution >= 4 is 5.82 Å². The Morgan fingerprint density at radius 1 is 1.20 bits per heavy atom.